The number of anilines is 1. The summed E-state index contributed by atoms with van der Waals surface area (Å²) in [5.74, 6) is -1.10. The van der Waals surface area contributed by atoms with Gasteiger partial charge in [-0.1, -0.05) is 11.6 Å². The highest BCUT2D eigenvalue weighted by Crippen LogP contribution is 2.23. The number of carboxylic acids is 1. The minimum absolute atomic E-state index is 0.0328. The topological polar surface area (TPSA) is 75.6 Å². The van der Waals surface area contributed by atoms with Crippen molar-refractivity contribution in [2.75, 3.05) is 5.32 Å². The zero-order chi connectivity index (χ0) is 13.9. The summed E-state index contributed by atoms with van der Waals surface area (Å²) in [6.07, 6.45) is -0.688. The Labute approximate surface area is 110 Å². The van der Waals surface area contributed by atoms with Gasteiger partial charge >= 0.3 is 12.1 Å². The first-order chi connectivity index (χ1) is 8.19. The maximum atomic E-state index is 11.5. The average molecular weight is 272 g/mol. The second kappa shape index (κ2) is 5.27. The zero-order valence-corrected chi connectivity index (χ0v) is 11.0. The van der Waals surface area contributed by atoms with E-state index in [4.69, 9.17) is 21.4 Å². The van der Waals surface area contributed by atoms with Gasteiger partial charge in [-0.25, -0.2) is 9.59 Å². The van der Waals surface area contributed by atoms with E-state index in [1.54, 1.807) is 20.8 Å². The highest BCUT2D eigenvalue weighted by Gasteiger charge is 2.17. The number of hydrogen-bond donors (Lipinski definition) is 2. The first kappa shape index (κ1) is 14.3. The third-order valence-corrected chi connectivity index (χ3v) is 2.18. The van der Waals surface area contributed by atoms with E-state index in [2.05, 4.69) is 5.32 Å². The molecule has 0 bridgehead atoms. The van der Waals surface area contributed by atoms with Crippen molar-refractivity contribution >= 4 is 29.4 Å². The van der Waals surface area contributed by atoms with Gasteiger partial charge in [0.2, 0.25) is 0 Å². The maximum Gasteiger partial charge on any atom is 0.412 e. The summed E-state index contributed by atoms with van der Waals surface area (Å²) in [4.78, 5) is 22.3. The number of nitrogens with one attached hydrogen (secondary N) is 1. The Bertz CT molecular complexity index is 479. The molecule has 1 rings (SSSR count). The quantitative estimate of drug-likeness (QED) is 0.864. The van der Waals surface area contributed by atoms with E-state index in [1.165, 1.54) is 18.2 Å². The number of ether oxygens (including phenoxy) is 1. The van der Waals surface area contributed by atoms with Crippen LogP contribution < -0.4 is 5.32 Å². The van der Waals surface area contributed by atoms with Crippen molar-refractivity contribution in [3.05, 3.63) is 28.8 Å². The Morgan fingerprint density at radius 2 is 1.94 bits per heavy atom. The number of carbonyl (C=O) groups is 2. The molecule has 0 aromatic heterocycles. The maximum absolute atomic E-state index is 11.5. The van der Waals surface area contributed by atoms with Crippen LogP contribution in [0.25, 0.3) is 0 Å². The van der Waals surface area contributed by atoms with Gasteiger partial charge in [-0.2, -0.15) is 0 Å². The molecule has 0 spiro atoms. The molecule has 1 amide bonds. The Hall–Kier alpha value is -1.75. The fourth-order valence-electron chi connectivity index (χ4n) is 1.17. The summed E-state index contributed by atoms with van der Waals surface area (Å²) in [7, 11) is 0. The molecular formula is C12H14ClNO4. The predicted molar refractivity (Wildman–Crippen MR) is 68.3 cm³/mol. The summed E-state index contributed by atoms with van der Waals surface area (Å²) in [5.41, 5.74) is -0.405. The fraction of sp³-hybridized carbons (Fsp3) is 0.333. The van der Waals surface area contributed by atoms with Gasteiger partial charge < -0.3 is 9.84 Å². The fourth-order valence-corrected chi connectivity index (χ4v) is 1.33. The molecule has 0 saturated carbocycles. The van der Waals surface area contributed by atoms with Crippen LogP contribution in [0.2, 0.25) is 5.02 Å². The Morgan fingerprint density at radius 1 is 1.33 bits per heavy atom. The van der Waals surface area contributed by atoms with E-state index < -0.39 is 17.7 Å². The van der Waals surface area contributed by atoms with Crippen LogP contribution in [0, 0.1) is 0 Å². The molecule has 1 aromatic carbocycles. The van der Waals surface area contributed by atoms with Crippen LogP contribution >= 0.6 is 11.6 Å². The van der Waals surface area contributed by atoms with Crippen LogP contribution in [-0.2, 0) is 4.74 Å². The van der Waals surface area contributed by atoms with Crippen LogP contribution in [0.5, 0.6) is 0 Å². The largest absolute Gasteiger partial charge is 0.478 e. The average Bonchev–Trinajstić information content (AvgIpc) is 2.18. The first-order valence-electron chi connectivity index (χ1n) is 5.22. The molecular weight excluding hydrogens is 258 g/mol. The molecule has 0 aliphatic rings. The highest BCUT2D eigenvalue weighted by atomic mass is 35.5. The standard InChI is InChI=1S/C12H14ClNO4/c1-12(2,3)18-11(17)14-9-6-7(10(15)16)4-5-8(9)13/h4-6H,1-3H3,(H,14,17)(H,15,16). The van der Waals surface area contributed by atoms with Crippen molar-refractivity contribution < 1.29 is 19.4 Å². The van der Waals surface area contributed by atoms with Crippen LogP contribution in [0.15, 0.2) is 18.2 Å². The molecule has 0 aliphatic carbocycles. The first-order valence-corrected chi connectivity index (χ1v) is 5.60. The molecule has 18 heavy (non-hydrogen) atoms. The molecule has 2 N–H and O–H groups in total. The molecule has 0 heterocycles. The molecule has 0 atom stereocenters. The van der Waals surface area contributed by atoms with Gasteiger partial charge in [0.15, 0.2) is 0 Å². The van der Waals surface area contributed by atoms with Crippen molar-refractivity contribution in [1.29, 1.82) is 0 Å². The number of hydrogen-bond acceptors (Lipinski definition) is 3. The van der Waals surface area contributed by atoms with Crippen LogP contribution in [0.1, 0.15) is 31.1 Å². The Kier molecular flexibility index (Phi) is 4.19. The SMILES string of the molecule is CC(C)(C)OC(=O)Nc1cc(C(=O)O)ccc1Cl. The lowest BCUT2D eigenvalue weighted by atomic mass is 10.2. The smallest absolute Gasteiger partial charge is 0.412 e. The summed E-state index contributed by atoms with van der Waals surface area (Å²) < 4.78 is 5.04. The van der Waals surface area contributed by atoms with Gasteiger partial charge in [-0.15, -0.1) is 0 Å². The number of halogens is 1. The molecule has 0 radical (unpaired) electrons. The lowest BCUT2D eigenvalue weighted by molar-refractivity contribution is 0.0632. The van der Waals surface area contributed by atoms with Crippen LogP contribution in [-0.4, -0.2) is 22.8 Å². The summed E-state index contributed by atoms with van der Waals surface area (Å²) in [5, 5.41) is 11.5. The lowest BCUT2D eigenvalue weighted by Crippen LogP contribution is -2.27. The minimum atomic E-state index is -1.10. The highest BCUT2D eigenvalue weighted by molar-refractivity contribution is 6.33. The monoisotopic (exact) mass is 271 g/mol. The van der Waals surface area contributed by atoms with Gasteiger partial charge in [-0.3, -0.25) is 5.32 Å². The Morgan fingerprint density at radius 3 is 2.44 bits per heavy atom. The second-order valence-corrected chi connectivity index (χ2v) is 5.03. The van der Waals surface area contributed by atoms with Gasteiger partial charge in [-0.05, 0) is 39.0 Å². The van der Waals surface area contributed by atoms with E-state index in [0.717, 1.165) is 0 Å². The Balaban J connectivity index is 2.87. The number of aromatic carboxylic acids is 1. The van der Waals surface area contributed by atoms with Gasteiger partial charge in [0.1, 0.15) is 5.60 Å². The van der Waals surface area contributed by atoms with E-state index in [0.29, 0.717) is 0 Å². The van der Waals surface area contributed by atoms with Gasteiger partial charge in [0, 0.05) is 0 Å². The van der Waals surface area contributed by atoms with E-state index in [1.807, 2.05) is 0 Å². The number of amides is 1. The molecule has 0 unspecified atom stereocenters. The molecule has 6 heteroatoms. The number of carboxylic acid groups (broad SMARTS) is 1. The predicted octanol–water partition coefficient (Wildman–Crippen LogP) is 3.39. The lowest BCUT2D eigenvalue weighted by Gasteiger charge is -2.20. The van der Waals surface area contributed by atoms with Gasteiger partial charge in [0.25, 0.3) is 0 Å². The van der Waals surface area contributed by atoms with Crippen molar-refractivity contribution in [3.63, 3.8) is 0 Å². The van der Waals surface area contributed by atoms with E-state index in [-0.39, 0.29) is 16.3 Å². The zero-order valence-electron chi connectivity index (χ0n) is 10.3. The number of benzene rings is 1. The molecule has 0 saturated heterocycles. The molecule has 98 valence electrons. The van der Waals surface area contributed by atoms with Gasteiger partial charge in [0.05, 0.1) is 16.3 Å². The van der Waals surface area contributed by atoms with E-state index in [9.17, 15) is 9.59 Å². The van der Waals surface area contributed by atoms with Crippen LogP contribution in [0.4, 0.5) is 10.5 Å². The number of rotatable bonds is 2. The van der Waals surface area contributed by atoms with Crippen LogP contribution in [0.3, 0.4) is 0 Å². The normalized spacial score (nSPS) is 10.9. The van der Waals surface area contributed by atoms with Crippen molar-refractivity contribution in [2.45, 2.75) is 26.4 Å². The third kappa shape index (κ3) is 4.25. The second-order valence-electron chi connectivity index (χ2n) is 4.63. The molecule has 1 aromatic rings. The van der Waals surface area contributed by atoms with Crippen molar-refractivity contribution in [3.8, 4) is 0 Å². The summed E-state index contributed by atoms with van der Waals surface area (Å²) in [6.45, 7) is 5.17. The summed E-state index contributed by atoms with van der Waals surface area (Å²) in [6, 6.07) is 4.03. The molecule has 0 aliphatic heterocycles. The summed E-state index contributed by atoms with van der Waals surface area (Å²) >= 11 is 5.85. The van der Waals surface area contributed by atoms with Crippen molar-refractivity contribution in [2.24, 2.45) is 0 Å². The van der Waals surface area contributed by atoms with Crippen molar-refractivity contribution in [1.82, 2.24) is 0 Å². The molecule has 5 nitrogen and oxygen atoms in total. The van der Waals surface area contributed by atoms with E-state index >= 15 is 0 Å². The number of carbonyl (C=O) groups excluding carboxylic acids is 1. The minimum Gasteiger partial charge on any atom is -0.478 e. The third-order valence-electron chi connectivity index (χ3n) is 1.85. The molecule has 0 fully saturated rings.